The van der Waals surface area contributed by atoms with Crippen LogP contribution in [0.25, 0.3) is 11.1 Å². The van der Waals surface area contributed by atoms with Crippen LogP contribution in [0.4, 0.5) is 4.39 Å². The van der Waals surface area contributed by atoms with E-state index < -0.39 is 17.3 Å². The number of hydrogen-bond acceptors (Lipinski definition) is 7. The molecule has 1 saturated heterocycles. The highest BCUT2D eigenvalue weighted by Gasteiger charge is 2.51. The van der Waals surface area contributed by atoms with Crippen LogP contribution in [0.3, 0.4) is 0 Å². The lowest BCUT2D eigenvalue weighted by Crippen LogP contribution is -2.41. The van der Waals surface area contributed by atoms with Gasteiger partial charge in [-0.1, -0.05) is 25.1 Å². The van der Waals surface area contributed by atoms with Crippen LogP contribution in [0.5, 0.6) is 0 Å². The van der Waals surface area contributed by atoms with E-state index in [2.05, 4.69) is 9.98 Å². The zero-order valence-electron chi connectivity index (χ0n) is 18.2. The number of guanidine groups is 1. The van der Waals surface area contributed by atoms with Crippen LogP contribution >= 0.6 is 11.3 Å². The van der Waals surface area contributed by atoms with Crippen molar-refractivity contribution in [1.29, 1.82) is 0 Å². The highest BCUT2D eigenvalue weighted by atomic mass is 32.1. The Balaban J connectivity index is 1.67. The predicted molar refractivity (Wildman–Crippen MR) is 123 cm³/mol. The SMILES string of the molecule is CCC1(c2cc(C3(c4cccc(-c5cccnc5F)c4)N=C(N)N(C)C3=O)cs2)OCCO1. The van der Waals surface area contributed by atoms with Gasteiger partial charge in [-0.25, -0.2) is 9.98 Å². The third kappa shape index (κ3) is 3.26. The van der Waals surface area contributed by atoms with Crippen molar-refractivity contribution in [1.82, 2.24) is 9.88 Å². The van der Waals surface area contributed by atoms with Gasteiger partial charge in [-0.05, 0) is 40.8 Å². The Morgan fingerprint density at radius 3 is 2.64 bits per heavy atom. The van der Waals surface area contributed by atoms with Crippen LogP contribution in [-0.2, 0) is 25.6 Å². The Hall–Kier alpha value is -3.14. The number of benzene rings is 1. The van der Waals surface area contributed by atoms with Crippen LogP contribution in [-0.4, -0.2) is 42.0 Å². The molecule has 0 radical (unpaired) electrons. The van der Waals surface area contributed by atoms with Crippen LogP contribution in [0.15, 0.2) is 59.0 Å². The van der Waals surface area contributed by atoms with Crippen molar-refractivity contribution < 1.29 is 18.7 Å². The van der Waals surface area contributed by atoms with Crippen molar-refractivity contribution in [3.63, 3.8) is 0 Å². The number of likely N-dealkylation sites (N-methyl/N-ethyl adjacent to an activating group) is 1. The molecule has 170 valence electrons. The molecule has 1 aromatic carbocycles. The lowest BCUT2D eigenvalue weighted by atomic mass is 9.82. The number of hydrogen-bond donors (Lipinski definition) is 1. The van der Waals surface area contributed by atoms with Crippen molar-refractivity contribution >= 4 is 23.2 Å². The lowest BCUT2D eigenvalue weighted by molar-refractivity contribution is -0.164. The third-order valence-corrected chi connectivity index (χ3v) is 7.26. The molecule has 33 heavy (non-hydrogen) atoms. The Kier molecular flexibility index (Phi) is 5.27. The fourth-order valence-electron chi connectivity index (χ4n) is 4.40. The minimum Gasteiger partial charge on any atom is -0.369 e. The van der Waals surface area contributed by atoms with Gasteiger partial charge in [-0.2, -0.15) is 4.39 Å². The van der Waals surface area contributed by atoms with Crippen LogP contribution in [0, 0.1) is 5.95 Å². The summed E-state index contributed by atoms with van der Waals surface area (Å²) in [4.78, 5) is 24.2. The zero-order valence-corrected chi connectivity index (χ0v) is 19.1. The van der Waals surface area contributed by atoms with Crippen molar-refractivity contribution in [2.75, 3.05) is 20.3 Å². The molecule has 2 N–H and O–H groups in total. The molecule has 7 nitrogen and oxygen atoms in total. The van der Waals surface area contributed by atoms with Gasteiger partial charge in [-0.15, -0.1) is 11.3 Å². The van der Waals surface area contributed by atoms with E-state index in [0.717, 1.165) is 4.88 Å². The molecule has 5 rings (SSSR count). The van der Waals surface area contributed by atoms with E-state index in [1.165, 1.54) is 22.4 Å². The maximum Gasteiger partial charge on any atom is 0.266 e. The topological polar surface area (TPSA) is 90.0 Å². The Bertz CT molecular complexity index is 1250. The average molecular weight is 467 g/mol. The Morgan fingerprint density at radius 1 is 1.18 bits per heavy atom. The van der Waals surface area contributed by atoms with Crippen LogP contribution in [0.1, 0.15) is 29.3 Å². The molecule has 2 aliphatic rings. The second kappa shape index (κ2) is 8.02. The number of carbonyl (C=O) groups excluding carboxylic acids is 1. The molecular weight excluding hydrogens is 443 g/mol. The van der Waals surface area contributed by atoms with E-state index in [1.807, 2.05) is 18.4 Å². The van der Waals surface area contributed by atoms with Gasteiger partial charge in [0.05, 0.1) is 18.1 Å². The number of aliphatic imine (C=N–C) groups is 1. The van der Waals surface area contributed by atoms with E-state index in [4.69, 9.17) is 15.2 Å². The van der Waals surface area contributed by atoms with E-state index in [0.29, 0.717) is 41.9 Å². The maximum absolute atomic E-state index is 14.4. The molecule has 3 aromatic rings. The van der Waals surface area contributed by atoms with E-state index >= 15 is 0 Å². The monoisotopic (exact) mass is 466 g/mol. The molecule has 0 aliphatic carbocycles. The summed E-state index contributed by atoms with van der Waals surface area (Å²) in [6.45, 7) is 3.02. The quantitative estimate of drug-likeness (QED) is 0.581. The van der Waals surface area contributed by atoms with Crippen molar-refractivity contribution in [3.8, 4) is 11.1 Å². The molecule has 2 aromatic heterocycles. The van der Waals surface area contributed by atoms with Gasteiger partial charge in [0.2, 0.25) is 11.7 Å². The molecule has 2 aliphatic heterocycles. The summed E-state index contributed by atoms with van der Waals surface area (Å²) in [6.07, 6.45) is 2.03. The first-order chi connectivity index (χ1) is 15.9. The summed E-state index contributed by atoms with van der Waals surface area (Å²) in [5.74, 6) is -1.58. The van der Waals surface area contributed by atoms with Gasteiger partial charge in [-0.3, -0.25) is 9.69 Å². The van der Waals surface area contributed by atoms with Gasteiger partial charge < -0.3 is 15.2 Å². The van der Waals surface area contributed by atoms with Gasteiger partial charge >= 0.3 is 0 Å². The number of ether oxygens (including phenoxy) is 2. The molecule has 9 heteroatoms. The highest BCUT2D eigenvalue weighted by Crippen LogP contribution is 2.45. The molecule has 0 saturated carbocycles. The predicted octanol–water partition coefficient (Wildman–Crippen LogP) is 3.59. The highest BCUT2D eigenvalue weighted by molar-refractivity contribution is 7.10. The number of halogens is 1. The van der Waals surface area contributed by atoms with E-state index in [1.54, 1.807) is 43.4 Å². The minimum absolute atomic E-state index is 0.115. The number of pyridine rings is 1. The number of amides is 1. The molecule has 0 spiro atoms. The molecule has 4 heterocycles. The molecular formula is C24H23FN4O3S. The summed E-state index contributed by atoms with van der Waals surface area (Å²) in [7, 11) is 1.59. The summed E-state index contributed by atoms with van der Waals surface area (Å²) >= 11 is 1.46. The lowest BCUT2D eigenvalue weighted by Gasteiger charge is -2.26. The fourth-order valence-corrected chi connectivity index (χ4v) is 5.53. The second-order valence-corrected chi connectivity index (χ2v) is 8.88. The van der Waals surface area contributed by atoms with Crippen molar-refractivity contribution in [2.45, 2.75) is 24.7 Å². The van der Waals surface area contributed by atoms with Gasteiger partial charge in [0.1, 0.15) is 0 Å². The standard InChI is InChI=1S/C24H23FN4O3S/c1-3-23(31-10-11-32-23)19-13-17(14-33-19)24(21(30)29(2)22(26)28-24)16-7-4-6-15(12-16)18-8-5-9-27-20(18)25/h4-9,12-14H,3,10-11H2,1-2H3,(H2,26,28). The summed E-state index contributed by atoms with van der Waals surface area (Å²) in [6, 6.07) is 12.4. The number of carbonyl (C=O) groups is 1. The first-order valence-electron chi connectivity index (χ1n) is 10.6. The van der Waals surface area contributed by atoms with Crippen molar-refractivity contribution in [3.05, 3.63) is 76.0 Å². The van der Waals surface area contributed by atoms with Crippen LogP contribution in [0.2, 0.25) is 0 Å². The third-order valence-electron chi connectivity index (χ3n) is 6.20. The van der Waals surface area contributed by atoms with Crippen molar-refractivity contribution in [2.24, 2.45) is 10.7 Å². The van der Waals surface area contributed by atoms with E-state index in [9.17, 15) is 9.18 Å². The average Bonchev–Trinajstić information content (AvgIpc) is 3.56. The zero-order chi connectivity index (χ0) is 23.2. The largest absolute Gasteiger partial charge is 0.369 e. The Morgan fingerprint density at radius 2 is 1.97 bits per heavy atom. The smallest absolute Gasteiger partial charge is 0.266 e. The molecule has 1 amide bonds. The summed E-state index contributed by atoms with van der Waals surface area (Å²) in [5.41, 5.74) is 6.90. The first-order valence-corrected chi connectivity index (χ1v) is 11.5. The summed E-state index contributed by atoms with van der Waals surface area (Å²) in [5, 5.41) is 1.89. The summed E-state index contributed by atoms with van der Waals surface area (Å²) < 4.78 is 26.3. The van der Waals surface area contributed by atoms with Gasteiger partial charge in [0.25, 0.3) is 5.91 Å². The minimum atomic E-state index is -1.39. The van der Waals surface area contributed by atoms with E-state index in [-0.39, 0.29) is 11.9 Å². The molecule has 1 unspecified atom stereocenters. The Labute approximate surface area is 194 Å². The normalized spacial score (nSPS) is 22.1. The molecule has 0 bridgehead atoms. The second-order valence-electron chi connectivity index (χ2n) is 7.97. The number of nitrogens with two attached hydrogens (primary N) is 1. The number of thiophene rings is 1. The molecule has 1 fully saturated rings. The van der Waals surface area contributed by atoms with Crippen LogP contribution < -0.4 is 5.73 Å². The van der Waals surface area contributed by atoms with Gasteiger partial charge in [0.15, 0.2) is 11.5 Å². The maximum atomic E-state index is 14.4. The number of aromatic nitrogens is 1. The van der Waals surface area contributed by atoms with Gasteiger partial charge in [0, 0.05) is 30.8 Å². The fraction of sp³-hybridized carbons (Fsp3) is 0.292. The number of rotatable bonds is 5. The number of nitrogens with zero attached hydrogens (tertiary/aromatic N) is 3. The first kappa shape index (κ1) is 21.7. The molecule has 1 atom stereocenters.